The van der Waals surface area contributed by atoms with Crippen LogP contribution in [-0.2, 0) is 20.8 Å². The summed E-state index contributed by atoms with van der Waals surface area (Å²) in [6.45, 7) is 5.46. The molecule has 2 N–H and O–H groups in total. The Kier molecular flexibility index (Phi) is 10.5. The molecule has 8 nitrogen and oxygen atoms in total. The van der Waals surface area contributed by atoms with Gasteiger partial charge in [0.15, 0.2) is 0 Å². The van der Waals surface area contributed by atoms with Crippen molar-refractivity contribution in [3.8, 4) is 0 Å². The molecule has 1 amide bonds. The topological polar surface area (TPSA) is 95.4 Å². The Morgan fingerprint density at radius 1 is 1.28 bits per heavy atom. The average molecular weight is 410 g/mol. The summed E-state index contributed by atoms with van der Waals surface area (Å²) >= 11 is 0. The zero-order chi connectivity index (χ0) is 21.1. The van der Waals surface area contributed by atoms with Gasteiger partial charge in [0.25, 0.3) is 0 Å². The lowest BCUT2D eigenvalue weighted by Gasteiger charge is -2.31. The number of pyridine rings is 1. The van der Waals surface area contributed by atoms with Crippen molar-refractivity contribution in [3.63, 3.8) is 0 Å². The Morgan fingerprint density at radius 2 is 2.07 bits per heavy atom. The van der Waals surface area contributed by atoms with E-state index in [-0.39, 0.29) is 19.1 Å². The number of ether oxygens (including phenoxy) is 2. The standard InChI is InChI=1S/C21H35N3O5/c1-17(25)24-11-6-10-23(14-18-7-5-8-22-13-18)9-3-4-12-29-16-19(26)21(27)20(15-24)28-2/h5,7-8,13,19-21,26-27H,3-4,6,9-12,14-16H2,1-2H3/t19-,20-,21-/m0/s1. The molecule has 1 aromatic heterocycles. The molecule has 29 heavy (non-hydrogen) atoms. The van der Waals surface area contributed by atoms with E-state index in [1.54, 1.807) is 11.1 Å². The molecule has 1 aliphatic heterocycles. The van der Waals surface area contributed by atoms with Gasteiger partial charge in [-0.25, -0.2) is 0 Å². The van der Waals surface area contributed by atoms with Crippen LogP contribution in [0.3, 0.4) is 0 Å². The van der Waals surface area contributed by atoms with E-state index in [0.29, 0.717) is 13.2 Å². The van der Waals surface area contributed by atoms with Gasteiger partial charge in [0, 0.05) is 59.2 Å². The fraction of sp³-hybridized carbons (Fsp3) is 0.714. The molecule has 8 heteroatoms. The van der Waals surface area contributed by atoms with Crippen LogP contribution in [0.25, 0.3) is 0 Å². The average Bonchev–Trinajstić information content (AvgIpc) is 2.72. The molecule has 0 bridgehead atoms. The van der Waals surface area contributed by atoms with Crippen molar-refractivity contribution in [3.05, 3.63) is 30.1 Å². The number of methoxy groups -OCH3 is 1. The fourth-order valence-electron chi connectivity index (χ4n) is 3.51. The number of rotatable bonds is 3. The van der Waals surface area contributed by atoms with E-state index in [1.807, 2.05) is 12.3 Å². The molecular formula is C21H35N3O5. The highest BCUT2D eigenvalue weighted by Crippen LogP contribution is 2.11. The van der Waals surface area contributed by atoms with Crippen LogP contribution in [0.4, 0.5) is 0 Å². The molecule has 0 radical (unpaired) electrons. The van der Waals surface area contributed by atoms with Gasteiger partial charge in [-0.2, -0.15) is 0 Å². The Morgan fingerprint density at radius 3 is 2.76 bits per heavy atom. The van der Waals surface area contributed by atoms with Crippen LogP contribution in [0.15, 0.2) is 24.5 Å². The second-order valence-electron chi connectivity index (χ2n) is 7.57. The number of hydrogen-bond acceptors (Lipinski definition) is 7. The predicted molar refractivity (Wildman–Crippen MR) is 109 cm³/mol. The molecule has 1 saturated heterocycles. The van der Waals surface area contributed by atoms with Crippen molar-refractivity contribution >= 4 is 5.91 Å². The third kappa shape index (κ3) is 8.36. The SMILES string of the molecule is CO[C@H]1CN(C(C)=O)CCCN(Cc2cccnc2)CCCCOC[C@H](O)[C@@H]1O. The lowest BCUT2D eigenvalue weighted by atomic mass is 10.1. The first-order chi connectivity index (χ1) is 14.0. The lowest BCUT2D eigenvalue weighted by Crippen LogP contribution is -2.48. The molecule has 0 saturated carbocycles. The quantitative estimate of drug-likeness (QED) is 0.758. The first kappa shape index (κ1) is 23.7. The first-order valence-electron chi connectivity index (χ1n) is 10.3. The fourth-order valence-corrected chi connectivity index (χ4v) is 3.51. The van der Waals surface area contributed by atoms with Crippen LogP contribution in [0.5, 0.6) is 0 Å². The van der Waals surface area contributed by atoms with E-state index < -0.39 is 18.3 Å². The Hall–Kier alpha value is -1.58. The Bertz CT molecular complexity index is 589. The predicted octanol–water partition coefficient (Wildman–Crippen LogP) is 0.669. The van der Waals surface area contributed by atoms with Crippen molar-refractivity contribution in [2.75, 3.05) is 46.5 Å². The van der Waals surface area contributed by atoms with E-state index in [2.05, 4.69) is 16.0 Å². The Labute approximate surface area is 173 Å². The molecule has 2 rings (SSSR count). The molecule has 1 fully saturated rings. The third-order valence-electron chi connectivity index (χ3n) is 5.26. The maximum absolute atomic E-state index is 12.1. The second kappa shape index (κ2) is 12.9. The van der Waals surface area contributed by atoms with Crippen LogP contribution < -0.4 is 0 Å². The minimum Gasteiger partial charge on any atom is -0.388 e. The number of aromatic nitrogens is 1. The largest absolute Gasteiger partial charge is 0.388 e. The minimum atomic E-state index is -1.12. The van der Waals surface area contributed by atoms with Gasteiger partial charge in [0.1, 0.15) is 18.3 Å². The van der Waals surface area contributed by atoms with Crippen molar-refractivity contribution in [1.82, 2.24) is 14.8 Å². The monoisotopic (exact) mass is 409 g/mol. The van der Waals surface area contributed by atoms with Gasteiger partial charge in [0.2, 0.25) is 5.91 Å². The molecule has 2 heterocycles. The molecule has 0 spiro atoms. The van der Waals surface area contributed by atoms with E-state index in [9.17, 15) is 15.0 Å². The summed E-state index contributed by atoms with van der Waals surface area (Å²) in [5.41, 5.74) is 1.16. The van der Waals surface area contributed by atoms with Crippen LogP contribution in [0.2, 0.25) is 0 Å². The molecule has 0 aromatic carbocycles. The van der Waals surface area contributed by atoms with Gasteiger partial charge in [-0.3, -0.25) is 14.7 Å². The van der Waals surface area contributed by atoms with E-state index in [0.717, 1.165) is 44.5 Å². The van der Waals surface area contributed by atoms with Gasteiger partial charge in [-0.15, -0.1) is 0 Å². The van der Waals surface area contributed by atoms with Crippen LogP contribution in [0.1, 0.15) is 31.7 Å². The molecule has 1 aliphatic rings. The molecule has 0 unspecified atom stereocenters. The summed E-state index contributed by atoms with van der Waals surface area (Å²) in [6, 6.07) is 4.01. The number of hydrogen-bond donors (Lipinski definition) is 2. The normalized spacial score (nSPS) is 26.5. The van der Waals surface area contributed by atoms with Crippen LogP contribution in [-0.4, -0.2) is 95.7 Å². The van der Waals surface area contributed by atoms with Crippen molar-refractivity contribution in [2.45, 2.75) is 51.0 Å². The third-order valence-corrected chi connectivity index (χ3v) is 5.26. The summed E-state index contributed by atoms with van der Waals surface area (Å²) in [5, 5.41) is 20.6. The number of nitrogens with zero attached hydrogens (tertiary/aromatic N) is 3. The van der Waals surface area contributed by atoms with Crippen molar-refractivity contribution in [2.24, 2.45) is 0 Å². The molecule has 1 aromatic rings. The zero-order valence-electron chi connectivity index (χ0n) is 17.6. The zero-order valence-corrected chi connectivity index (χ0v) is 17.6. The summed E-state index contributed by atoms with van der Waals surface area (Å²) < 4.78 is 10.9. The first-order valence-corrected chi connectivity index (χ1v) is 10.3. The van der Waals surface area contributed by atoms with Crippen molar-refractivity contribution in [1.29, 1.82) is 0 Å². The number of aliphatic hydroxyl groups excluding tert-OH is 2. The van der Waals surface area contributed by atoms with E-state index >= 15 is 0 Å². The highest BCUT2D eigenvalue weighted by Gasteiger charge is 2.29. The molecular weight excluding hydrogens is 374 g/mol. The van der Waals surface area contributed by atoms with Crippen LogP contribution >= 0.6 is 0 Å². The summed E-state index contributed by atoms with van der Waals surface area (Å²) in [5.74, 6) is -0.0758. The van der Waals surface area contributed by atoms with E-state index in [4.69, 9.17) is 9.47 Å². The number of carbonyl (C=O) groups is 1. The number of carbonyl (C=O) groups excluding carboxylic acids is 1. The van der Waals surface area contributed by atoms with Gasteiger partial charge >= 0.3 is 0 Å². The minimum absolute atomic E-state index is 0.0422. The highest BCUT2D eigenvalue weighted by atomic mass is 16.5. The molecule has 0 aliphatic carbocycles. The molecule has 3 atom stereocenters. The lowest BCUT2D eigenvalue weighted by molar-refractivity contribution is -0.136. The van der Waals surface area contributed by atoms with Gasteiger partial charge in [-0.05, 0) is 37.4 Å². The number of amides is 1. The second-order valence-corrected chi connectivity index (χ2v) is 7.57. The summed E-state index contributed by atoms with van der Waals surface area (Å²) in [6.07, 6.45) is 3.46. The highest BCUT2D eigenvalue weighted by molar-refractivity contribution is 5.73. The van der Waals surface area contributed by atoms with E-state index in [1.165, 1.54) is 14.0 Å². The van der Waals surface area contributed by atoms with Crippen molar-refractivity contribution < 1.29 is 24.5 Å². The maximum atomic E-state index is 12.1. The van der Waals surface area contributed by atoms with Crippen LogP contribution in [0, 0.1) is 0 Å². The summed E-state index contributed by atoms with van der Waals surface area (Å²) in [7, 11) is 1.48. The number of aliphatic hydroxyl groups is 2. The van der Waals surface area contributed by atoms with Gasteiger partial charge in [0.05, 0.1) is 6.61 Å². The Balaban J connectivity index is 2.04. The maximum Gasteiger partial charge on any atom is 0.219 e. The van der Waals surface area contributed by atoms with Gasteiger partial charge in [-0.1, -0.05) is 6.07 Å². The molecule has 164 valence electrons. The smallest absolute Gasteiger partial charge is 0.219 e. The summed E-state index contributed by atoms with van der Waals surface area (Å²) in [4.78, 5) is 20.3. The van der Waals surface area contributed by atoms with Gasteiger partial charge < -0.3 is 24.6 Å².